The molecule has 2 amide bonds. The molecular formula is C17H20Cl2N4O2S. The standard InChI is InChI=1S/C17H20Cl2N4O2S/c1-9(2)6-10(3)22-23-17-21-16(25)14(26-17)8-15(24)20-13-5-4-11(18)7-12(13)19/h4-5,7,9,14H,6,8H2,1-3H3,(H,20,24)(H,21,23,25)/t14-/m0/s1. The van der Waals surface area contributed by atoms with E-state index in [0.29, 0.717) is 26.8 Å². The van der Waals surface area contributed by atoms with Crippen LogP contribution in [-0.4, -0.2) is 27.9 Å². The van der Waals surface area contributed by atoms with E-state index in [1.165, 1.54) is 17.8 Å². The molecule has 1 aromatic carbocycles. The zero-order valence-electron chi connectivity index (χ0n) is 14.7. The summed E-state index contributed by atoms with van der Waals surface area (Å²) in [4.78, 5) is 24.2. The average molecular weight is 415 g/mol. The number of nitrogens with one attached hydrogen (secondary N) is 2. The van der Waals surface area contributed by atoms with Crippen molar-refractivity contribution in [3.8, 4) is 0 Å². The van der Waals surface area contributed by atoms with Gasteiger partial charge in [-0.05, 0) is 37.5 Å². The summed E-state index contributed by atoms with van der Waals surface area (Å²) in [5, 5.41) is 14.2. The van der Waals surface area contributed by atoms with Gasteiger partial charge in [0.15, 0.2) is 5.17 Å². The van der Waals surface area contributed by atoms with E-state index in [0.717, 1.165) is 12.1 Å². The number of halogens is 2. The molecule has 6 nitrogen and oxygen atoms in total. The van der Waals surface area contributed by atoms with Gasteiger partial charge in [0.1, 0.15) is 5.25 Å². The Kier molecular flexibility index (Phi) is 7.49. The molecule has 26 heavy (non-hydrogen) atoms. The molecule has 1 atom stereocenters. The van der Waals surface area contributed by atoms with Crippen molar-refractivity contribution < 1.29 is 9.59 Å². The molecule has 1 fully saturated rings. The molecule has 1 aliphatic rings. The Bertz CT molecular complexity index is 765. The summed E-state index contributed by atoms with van der Waals surface area (Å²) in [6.45, 7) is 6.09. The van der Waals surface area contributed by atoms with Gasteiger partial charge in [-0.2, -0.15) is 5.10 Å². The van der Waals surface area contributed by atoms with Crippen LogP contribution in [0.15, 0.2) is 28.4 Å². The fourth-order valence-corrected chi connectivity index (χ4v) is 3.68. The molecule has 0 saturated carbocycles. The molecule has 1 heterocycles. The highest BCUT2D eigenvalue weighted by Crippen LogP contribution is 2.27. The van der Waals surface area contributed by atoms with Gasteiger partial charge in [0.2, 0.25) is 11.8 Å². The second-order valence-electron chi connectivity index (χ2n) is 6.31. The monoisotopic (exact) mass is 414 g/mol. The van der Waals surface area contributed by atoms with Crippen LogP contribution >= 0.6 is 35.0 Å². The zero-order valence-corrected chi connectivity index (χ0v) is 17.0. The smallest absolute Gasteiger partial charge is 0.240 e. The van der Waals surface area contributed by atoms with Gasteiger partial charge in [-0.15, -0.1) is 5.10 Å². The topological polar surface area (TPSA) is 82.9 Å². The molecule has 1 saturated heterocycles. The Morgan fingerprint density at radius 2 is 2.12 bits per heavy atom. The van der Waals surface area contributed by atoms with Gasteiger partial charge < -0.3 is 10.6 Å². The van der Waals surface area contributed by atoms with Crippen molar-refractivity contribution in [1.82, 2.24) is 5.32 Å². The van der Waals surface area contributed by atoms with Gasteiger partial charge >= 0.3 is 0 Å². The number of carbonyl (C=O) groups is 2. The molecule has 1 aliphatic heterocycles. The van der Waals surface area contributed by atoms with Gasteiger partial charge in [-0.3, -0.25) is 9.59 Å². The number of amidine groups is 1. The maximum Gasteiger partial charge on any atom is 0.240 e. The lowest BCUT2D eigenvalue weighted by Crippen LogP contribution is -2.28. The molecule has 1 aromatic rings. The lowest BCUT2D eigenvalue weighted by molar-refractivity contribution is -0.122. The summed E-state index contributed by atoms with van der Waals surface area (Å²) >= 11 is 13.1. The van der Waals surface area contributed by atoms with Crippen molar-refractivity contribution >= 4 is 63.3 Å². The molecular weight excluding hydrogens is 395 g/mol. The number of amides is 2. The van der Waals surface area contributed by atoms with Crippen molar-refractivity contribution in [2.75, 3.05) is 5.32 Å². The first-order chi connectivity index (χ1) is 12.2. The van der Waals surface area contributed by atoms with Crippen LogP contribution in [0.2, 0.25) is 10.0 Å². The lowest BCUT2D eigenvalue weighted by atomic mass is 10.1. The van der Waals surface area contributed by atoms with Crippen LogP contribution in [0.25, 0.3) is 0 Å². The van der Waals surface area contributed by atoms with Crippen LogP contribution in [0.1, 0.15) is 33.6 Å². The summed E-state index contributed by atoms with van der Waals surface area (Å²) in [6.07, 6.45) is 0.840. The fraction of sp³-hybridized carbons (Fsp3) is 0.412. The molecule has 0 radical (unpaired) electrons. The maximum atomic E-state index is 12.2. The summed E-state index contributed by atoms with van der Waals surface area (Å²) < 4.78 is 0. The summed E-state index contributed by atoms with van der Waals surface area (Å²) in [7, 11) is 0. The first-order valence-corrected chi connectivity index (χ1v) is 9.71. The van der Waals surface area contributed by atoms with Gasteiger partial charge in [0.05, 0.1) is 10.7 Å². The Morgan fingerprint density at radius 1 is 1.38 bits per heavy atom. The molecule has 2 N–H and O–H groups in total. The zero-order chi connectivity index (χ0) is 19.3. The highest BCUT2D eigenvalue weighted by molar-refractivity contribution is 8.15. The lowest BCUT2D eigenvalue weighted by Gasteiger charge is -2.09. The van der Waals surface area contributed by atoms with E-state index in [1.54, 1.807) is 12.1 Å². The van der Waals surface area contributed by atoms with Gasteiger partial charge in [0, 0.05) is 17.2 Å². The molecule has 140 valence electrons. The van der Waals surface area contributed by atoms with E-state index in [1.807, 2.05) is 6.92 Å². The van der Waals surface area contributed by atoms with E-state index in [2.05, 4.69) is 34.7 Å². The molecule has 0 aliphatic carbocycles. The first kappa shape index (κ1) is 20.7. The van der Waals surface area contributed by atoms with E-state index in [9.17, 15) is 9.59 Å². The minimum absolute atomic E-state index is 0.00314. The van der Waals surface area contributed by atoms with Crippen molar-refractivity contribution in [1.29, 1.82) is 0 Å². The molecule has 9 heteroatoms. The highest BCUT2D eigenvalue weighted by Gasteiger charge is 2.32. The predicted octanol–water partition coefficient (Wildman–Crippen LogP) is 4.33. The summed E-state index contributed by atoms with van der Waals surface area (Å²) in [6, 6.07) is 4.78. The number of anilines is 1. The fourth-order valence-electron chi connectivity index (χ4n) is 2.31. The Labute approximate surface area is 166 Å². The van der Waals surface area contributed by atoms with Crippen LogP contribution in [0, 0.1) is 5.92 Å². The number of carbonyl (C=O) groups excluding carboxylic acids is 2. The van der Waals surface area contributed by atoms with Gasteiger partial charge in [-0.1, -0.05) is 48.8 Å². The largest absolute Gasteiger partial charge is 0.325 e. The Morgan fingerprint density at radius 3 is 2.77 bits per heavy atom. The first-order valence-electron chi connectivity index (χ1n) is 8.08. The second kappa shape index (κ2) is 9.39. The SMILES string of the molecule is CC(CC(C)C)=NN=C1NC(=O)[C@H](CC(=O)Nc2ccc(Cl)cc2Cl)S1. The van der Waals surface area contributed by atoms with Crippen LogP contribution < -0.4 is 10.6 Å². The highest BCUT2D eigenvalue weighted by atomic mass is 35.5. The second-order valence-corrected chi connectivity index (χ2v) is 8.35. The van der Waals surface area contributed by atoms with Crippen molar-refractivity contribution in [2.45, 2.75) is 38.9 Å². The van der Waals surface area contributed by atoms with E-state index >= 15 is 0 Å². The van der Waals surface area contributed by atoms with Gasteiger partial charge in [-0.25, -0.2) is 0 Å². The number of thioether (sulfide) groups is 1. The quantitative estimate of drug-likeness (QED) is 0.536. The summed E-state index contributed by atoms with van der Waals surface area (Å²) in [5.74, 6) is -0.0914. The minimum Gasteiger partial charge on any atom is -0.325 e. The number of hydrogen-bond acceptors (Lipinski definition) is 5. The number of benzene rings is 1. The van der Waals surface area contributed by atoms with E-state index < -0.39 is 5.25 Å². The number of hydrogen-bond donors (Lipinski definition) is 2. The maximum absolute atomic E-state index is 12.2. The minimum atomic E-state index is -0.555. The van der Waals surface area contributed by atoms with Crippen LogP contribution in [-0.2, 0) is 9.59 Å². The summed E-state index contributed by atoms with van der Waals surface area (Å²) in [5.41, 5.74) is 1.34. The van der Waals surface area contributed by atoms with Crippen LogP contribution in [0.5, 0.6) is 0 Å². The molecule has 0 unspecified atom stereocenters. The molecule has 2 rings (SSSR count). The van der Waals surface area contributed by atoms with Crippen molar-refractivity contribution in [2.24, 2.45) is 16.1 Å². The van der Waals surface area contributed by atoms with E-state index in [4.69, 9.17) is 23.2 Å². The predicted molar refractivity (Wildman–Crippen MR) is 109 cm³/mol. The third-order valence-electron chi connectivity index (χ3n) is 3.37. The van der Waals surface area contributed by atoms with Crippen molar-refractivity contribution in [3.63, 3.8) is 0 Å². The van der Waals surface area contributed by atoms with Crippen LogP contribution in [0.3, 0.4) is 0 Å². The average Bonchev–Trinajstić information content (AvgIpc) is 2.87. The third-order valence-corrected chi connectivity index (χ3v) is 4.99. The number of nitrogens with zero attached hydrogens (tertiary/aromatic N) is 2. The molecule has 0 bridgehead atoms. The van der Waals surface area contributed by atoms with Crippen molar-refractivity contribution in [3.05, 3.63) is 28.2 Å². The Hall–Kier alpha value is -1.57. The molecule has 0 spiro atoms. The van der Waals surface area contributed by atoms with E-state index in [-0.39, 0.29) is 18.2 Å². The Balaban J connectivity index is 1.93. The third kappa shape index (κ3) is 6.30. The normalized spacial score (nSPS) is 19.2. The van der Waals surface area contributed by atoms with Crippen LogP contribution in [0.4, 0.5) is 5.69 Å². The number of rotatable bonds is 6. The van der Waals surface area contributed by atoms with Gasteiger partial charge in [0.25, 0.3) is 0 Å². The molecule has 0 aromatic heterocycles.